The Morgan fingerprint density at radius 1 is 0.950 bits per heavy atom. The molecule has 1 fully saturated rings. The Hall–Kier alpha value is -4.17. The van der Waals surface area contributed by atoms with Gasteiger partial charge in [-0.05, 0) is 40.2 Å². The zero-order valence-corrected chi connectivity index (χ0v) is 22.8. The van der Waals surface area contributed by atoms with Crippen molar-refractivity contribution < 1.29 is 24.2 Å². The molecule has 0 bridgehead atoms. The topological polar surface area (TPSA) is 108 Å². The van der Waals surface area contributed by atoms with Crippen molar-refractivity contribution in [3.8, 4) is 11.1 Å². The van der Waals surface area contributed by atoms with Gasteiger partial charge in [-0.3, -0.25) is 9.69 Å². The number of rotatable bonds is 9. The van der Waals surface area contributed by atoms with Crippen molar-refractivity contribution in [2.24, 2.45) is 5.92 Å². The molecule has 208 valence electrons. The molecule has 40 heavy (non-hydrogen) atoms. The first-order valence-corrected chi connectivity index (χ1v) is 13.7. The molecule has 2 unspecified atom stereocenters. The number of nitrogens with zero attached hydrogens (tertiary/aromatic N) is 1. The molecule has 0 spiro atoms. The number of hydrogen-bond donors (Lipinski definition) is 3. The third-order valence-electron chi connectivity index (χ3n) is 7.94. The van der Waals surface area contributed by atoms with E-state index in [-0.39, 0.29) is 31.4 Å². The van der Waals surface area contributed by atoms with Gasteiger partial charge < -0.3 is 20.5 Å². The number of aliphatic carboxylic acids is 1. The van der Waals surface area contributed by atoms with Crippen LogP contribution in [0.2, 0.25) is 0 Å². The second-order valence-electron chi connectivity index (χ2n) is 11.0. The maximum atomic E-state index is 13.4. The molecule has 2 aliphatic rings. The smallest absolute Gasteiger partial charge is 0.407 e. The van der Waals surface area contributed by atoms with E-state index in [0.29, 0.717) is 13.1 Å². The number of amides is 2. The molecule has 1 heterocycles. The summed E-state index contributed by atoms with van der Waals surface area (Å²) in [7, 11) is 0. The van der Waals surface area contributed by atoms with Crippen molar-refractivity contribution in [3.63, 3.8) is 0 Å². The van der Waals surface area contributed by atoms with Gasteiger partial charge in [0, 0.05) is 25.6 Å². The molecule has 0 radical (unpaired) electrons. The summed E-state index contributed by atoms with van der Waals surface area (Å²) in [6, 6.07) is 25.0. The molecule has 3 aromatic carbocycles. The van der Waals surface area contributed by atoms with E-state index in [9.17, 15) is 19.5 Å². The van der Waals surface area contributed by atoms with Crippen LogP contribution < -0.4 is 10.6 Å². The van der Waals surface area contributed by atoms with Gasteiger partial charge in [-0.15, -0.1) is 0 Å². The van der Waals surface area contributed by atoms with E-state index in [1.54, 1.807) is 13.8 Å². The number of fused-ring (bicyclic) bond motifs is 3. The molecule has 1 aliphatic heterocycles. The molecule has 3 aromatic rings. The lowest BCUT2D eigenvalue weighted by atomic mass is 9.96. The second kappa shape index (κ2) is 11.5. The van der Waals surface area contributed by atoms with E-state index in [0.717, 1.165) is 27.8 Å². The van der Waals surface area contributed by atoms with Gasteiger partial charge >= 0.3 is 12.1 Å². The standard InChI is InChI=1S/C32H35N3O5/c1-21(2)28(29(36)34-32(30(37)38)16-17-35(20-32)18-22-10-4-3-5-11-22)33-31(39)40-19-27-25-14-8-6-12-23(25)24-13-7-9-15-26(24)27/h3-15,21,27-28H,16-20H2,1-2H3,(H,33,39)(H,34,36)(H,37,38). The van der Waals surface area contributed by atoms with Gasteiger partial charge in [-0.2, -0.15) is 0 Å². The number of benzene rings is 3. The minimum absolute atomic E-state index is 0.103. The highest BCUT2D eigenvalue weighted by atomic mass is 16.5. The van der Waals surface area contributed by atoms with Crippen LogP contribution in [-0.4, -0.2) is 59.3 Å². The largest absolute Gasteiger partial charge is 0.479 e. The van der Waals surface area contributed by atoms with Crippen LogP contribution in [0, 0.1) is 5.92 Å². The van der Waals surface area contributed by atoms with Crippen LogP contribution in [0.4, 0.5) is 4.79 Å². The minimum Gasteiger partial charge on any atom is -0.479 e. The monoisotopic (exact) mass is 541 g/mol. The Kier molecular flexibility index (Phi) is 7.89. The quantitative estimate of drug-likeness (QED) is 0.371. The maximum Gasteiger partial charge on any atom is 0.407 e. The number of carboxylic acids is 1. The number of carbonyl (C=O) groups is 3. The molecular formula is C32H35N3O5. The Morgan fingerprint density at radius 3 is 2.15 bits per heavy atom. The van der Waals surface area contributed by atoms with Crippen LogP contribution >= 0.6 is 0 Å². The fourth-order valence-corrected chi connectivity index (χ4v) is 5.81. The number of alkyl carbamates (subject to hydrolysis) is 1. The molecule has 2 atom stereocenters. The normalized spacial score (nSPS) is 19.1. The SMILES string of the molecule is CC(C)C(NC(=O)OCC1c2ccccc2-c2ccccc21)C(=O)NC1(C(=O)O)CCN(Cc2ccccc2)C1. The lowest BCUT2D eigenvalue weighted by Gasteiger charge is -2.30. The first-order chi connectivity index (χ1) is 19.3. The van der Waals surface area contributed by atoms with E-state index in [1.807, 2.05) is 71.6 Å². The summed E-state index contributed by atoms with van der Waals surface area (Å²) in [5.41, 5.74) is 4.10. The zero-order chi connectivity index (χ0) is 28.3. The zero-order valence-electron chi connectivity index (χ0n) is 22.8. The fourth-order valence-electron chi connectivity index (χ4n) is 5.81. The van der Waals surface area contributed by atoms with E-state index in [1.165, 1.54) is 0 Å². The van der Waals surface area contributed by atoms with Crippen molar-refractivity contribution in [1.82, 2.24) is 15.5 Å². The van der Waals surface area contributed by atoms with Crippen molar-refractivity contribution in [3.05, 3.63) is 95.6 Å². The van der Waals surface area contributed by atoms with Crippen LogP contribution in [0.25, 0.3) is 11.1 Å². The third kappa shape index (κ3) is 5.58. The van der Waals surface area contributed by atoms with Gasteiger partial charge in [-0.25, -0.2) is 9.59 Å². The van der Waals surface area contributed by atoms with E-state index in [2.05, 4.69) is 22.8 Å². The molecule has 2 amide bonds. The summed E-state index contributed by atoms with van der Waals surface area (Å²) in [5, 5.41) is 15.6. The number of carbonyl (C=O) groups excluding carboxylic acids is 2. The van der Waals surface area contributed by atoms with E-state index >= 15 is 0 Å². The molecule has 0 aromatic heterocycles. The molecule has 0 saturated carbocycles. The van der Waals surface area contributed by atoms with E-state index in [4.69, 9.17) is 4.74 Å². The van der Waals surface area contributed by atoms with Crippen molar-refractivity contribution >= 4 is 18.0 Å². The predicted molar refractivity (Wildman–Crippen MR) is 152 cm³/mol. The van der Waals surface area contributed by atoms with Crippen LogP contribution in [0.3, 0.4) is 0 Å². The summed E-state index contributed by atoms with van der Waals surface area (Å²) < 4.78 is 5.64. The average Bonchev–Trinajstić information content (AvgIpc) is 3.50. The molecule has 1 aliphatic carbocycles. The fraction of sp³-hybridized carbons (Fsp3) is 0.344. The van der Waals surface area contributed by atoms with Gasteiger partial charge in [0.15, 0.2) is 5.54 Å². The number of carboxylic acid groups (broad SMARTS) is 1. The van der Waals surface area contributed by atoms with Gasteiger partial charge in [0.05, 0.1) is 0 Å². The molecule has 3 N–H and O–H groups in total. The van der Waals surface area contributed by atoms with Crippen molar-refractivity contribution in [2.75, 3.05) is 19.7 Å². The molecule has 1 saturated heterocycles. The van der Waals surface area contributed by atoms with Gasteiger partial charge in [0.25, 0.3) is 0 Å². The minimum atomic E-state index is -1.43. The highest BCUT2D eigenvalue weighted by Gasteiger charge is 2.47. The first kappa shape index (κ1) is 27.4. The Balaban J connectivity index is 1.22. The van der Waals surface area contributed by atoms with E-state index < -0.39 is 29.6 Å². The Bertz CT molecular complexity index is 1350. The Labute approximate surface area is 234 Å². The van der Waals surface area contributed by atoms with Crippen LogP contribution in [0.15, 0.2) is 78.9 Å². The number of likely N-dealkylation sites (tertiary alicyclic amines) is 1. The predicted octanol–water partition coefficient (Wildman–Crippen LogP) is 4.40. The second-order valence-corrected chi connectivity index (χ2v) is 11.0. The lowest BCUT2D eigenvalue weighted by molar-refractivity contribution is -0.147. The van der Waals surface area contributed by atoms with Crippen molar-refractivity contribution in [1.29, 1.82) is 0 Å². The maximum absolute atomic E-state index is 13.4. The molecule has 8 nitrogen and oxygen atoms in total. The van der Waals surface area contributed by atoms with Crippen LogP contribution in [0.5, 0.6) is 0 Å². The summed E-state index contributed by atoms with van der Waals surface area (Å²) in [5.74, 6) is -2.01. The number of ether oxygens (including phenoxy) is 1. The average molecular weight is 542 g/mol. The molecule has 8 heteroatoms. The highest BCUT2D eigenvalue weighted by molar-refractivity contribution is 5.92. The number of nitrogens with one attached hydrogen (secondary N) is 2. The first-order valence-electron chi connectivity index (χ1n) is 13.7. The van der Waals surface area contributed by atoms with Crippen molar-refractivity contribution in [2.45, 2.75) is 44.3 Å². The lowest BCUT2D eigenvalue weighted by Crippen LogP contribution is -2.61. The van der Waals surface area contributed by atoms with Gasteiger partial charge in [0.1, 0.15) is 12.6 Å². The summed E-state index contributed by atoms with van der Waals surface area (Å²) >= 11 is 0. The summed E-state index contributed by atoms with van der Waals surface area (Å²) in [6.07, 6.45) is -0.436. The number of hydrogen-bond acceptors (Lipinski definition) is 5. The van der Waals surface area contributed by atoms with Crippen LogP contribution in [0.1, 0.15) is 42.9 Å². The molecular weight excluding hydrogens is 506 g/mol. The highest BCUT2D eigenvalue weighted by Crippen LogP contribution is 2.44. The molecule has 5 rings (SSSR count). The van der Waals surface area contributed by atoms with Gasteiger partial charge in [0.2, 0.25) is 5.91 Å². The van der Waals surface area contributed by atoms with Crippen LogP contribution in [-0.2, 0) is 20.9 Å². The summed E-state index contributed by atoms with van der Waals surface area (Å²) in [4.78, 5) is 40.7. The third-order valence-corrected chi connectivity index (χ3v) is 7.94. The summed E-state index contributed by atoms with van der Waals surface area (Å²) in [6.45, 7) is 5.04. The Morgan fingerprint density at radius 2 is 1.55 bits per heavy atom. The van der Waals surface area contributed by atoms with Gasteiger partial charge in [-0.1, -0.05) is 92.7 Å².